The molecule has 0 spiro atoms. The van der Waals surface area contributed by atoms with E-state index in [2.05, 4.69) is 34.3 Å². The minimum Gasteiger partial charge on any atom is -0.338 e. The van der Waals surface area contributed by atoms with Gasteiger partial charge in [0.25, 0.3) is 0 Å². The topological polar surface area (TPSA) is 57.8 Å². The van der Waals surface area contributed by atoms with Crippen molar-refractivity contribution in [2.75, 3.05) is 5.32 Å². The summed E-state index contributed by atoms with van der Waals surface area (Å²) in [4.78, 5) is 19.7. The van der Waals surface area contributed by atoms with E-state index in [9.17, 15) is 4.79 Å². The molecular formula is C19H19N3O. The van der Waals surface area contributed by atoms with Crippen LogP contribution < -0.4 is 5.32 Å². The van der Waals surface area contributed by atoms with Crippen molar-refractivity contribution in [2.45, 2.75) is 20.8 Å². The predicted molar refractivity (Wildman–Crippen MR) is 94.3 cm³/mol. The van der Waals surface area contributed by atoms with Crippen LogP contribution in [-0.2, 0) is 4.79 Å². The second-order valence-electron chi connectivity index (χ2n) is 5.89. The van der Waals surface area contributed by atoms with E-state index in [0.29, 0.717) is 0 Å². The third-order valence-electron chi connectivity index (χ3n) is 3.48. The third-order valence-corrected chi connectivity index (χ3v) is 3.48. The zero-order valence-electron chi connectivity index (χ0n) is 13.5. The summed E-state index contributed by atoms with van der Waals surface area (Å²) in [6.07, 6.45) is 1.58. The second kappa shape index (κ2) is 6.08. The van der Waals surface area contributed by atoms with E-state index in [1.807, 2.05) is 44.2 Å². The van der Waals surface area contributed by atoms with Crippen molar-refractivity contribution in [1.29, 1.82) is 0 Å². The van der Waals surface area contributed by atoms with Crippen LogP contribution in [0.25, 0.3) is 22.4 Å². The fourth-order valence-corrected chi connectivity index (χ4v) is 2.41. The summed E-state index contributed by atoms with van der Waals surface area (Å²) in [5.74, 6) is 0.713. The van der Waals surface area contributed by atoms with Gasteiger partial charge in [-0.3, -0.25) is 4.79 Å². The van der Waals surface area contributed by atoms with E-state index in [-0.39, 0.29) is 5.91 Å². The molecule has 1 heterocycles. The zero-order chi connectivity index (χ0) is 16.4. The summed E-state index contributed by atoms with van der Waals surface area (Å²) in [5, 5.41) is 2.84. The number of carbonyl (C=O) groups is 1. The van der Waals surface area contributed by atoms with Crippen LogP contribution in [0.2, 0.25) is 0 Å². The number of aromatic nitrogens is 2. The molecule has 1 aromatic heterocycles. The van der Waals surface area contributed by atoms with Gasteiger partial charge >= 0.3 is 0 Å². The average molecular weight is 305 g/mol. The Morgan fingerprint density at radius 3 is 2.57 bits per heavy atom. The molecule has 0 fully saturated rings. The molecule has 0 aliphatic rings. The molecule has 0 aliphatic heterocycles. The van der Waals surface area contributed by atoms with Crippen LogP contribution in [-0.4, -0.2) is 15.9 Å². The van der Waals surface area contributed by atoms with Crippen molar-refractivity contribution < 1.29 is 4.79 Å². The average Bonchev–Trinajstić information content (AvgIpc) is 2.90. The van der Waals surface area contributed by atoms with Crippen molar-refractivity contribution in [3.8, 4) is 11.4 Å². The Balaban J connectivity index is 1.83. The molecule has 23 heavy (non-hydrogen) atoms. The number of nitrogens with zero attached hydrogens (tertiary/aromatic N) is 1. The highest BCUT2D eigenvalue weighted by Gasteiger charge is 2.06. The largest absolute Gasteiger partial charge is 0.338 e. The van der Waals surface area contributed by atoms with Crippen LogP contribution in [0, 0.1) is 6.92 Å². The highest BCUT2D eigenvalue weighted by atomic mass is 16.1. The smallest absolute Gasteiger partial charge is 0.248 e. The van der Waals surface area contributed by atoms with E-state index in [4.69, 9.17) is 0 Å². The lowest BCUT2D eigenvalue weighted by atomic mass is 10.2. The molecule has 0 atom stereocenters. The number of aromatic amines is 1. The number of amides is 1. The molecule has 2 aromatic carbocycles. The number of allylic oxidation sites excluding steroid dienone is 1. The maximum atomic E-state index is 11.7. The first-order valence-corrected chi connectivity index (χ1v) is 7.54. The molecule has 4 heteroatoms. The lowest BCUT2D eigenvalue weighted by Gasteiger charge is -2.03. The summed E-state index contributed by atoms with van der Waals surface area (Å²) >= 11 is 0. The molecule has 0 bridgehead atoms. The number of hydrogen-bond acceptors (Lipinski definition) is 2. The second-order valence-corrected chi connectivity index (χ2v) is 5.89. The van der Waals surface area contributed by atoms with E-state index < -0.39 is 0 Å². The first kappa shape index (κ1) is 15.0. The molecule has 0 saturated carbocycles. The highest BCUT2D eigenvalue weighted by molar-refractivity contribution is 5.99. The quantitative estimate of drug-likeness (QED) is 0.703. The van der Waals surface area contributed by atoms with Crippen molar-refractivity contribution in [1.82, 2.24) is 9.97 Å². The van der Waals surface area contributed by atoms with E-state index in [0.717, 1.165) is 33.7 Å². The van der Waals surface area contributed by atoms with Crippen molar-refractivity contribution >= 4 is 22.6 Å². The Bertz CT molecular complexity index is 885. The van der Waals surface area contributed by atoms with Gasteiger partial charge in [-0.1, -0.05) is 11.6 Å². The molecule has 0 saturated heterocycles. The van der Waals surface area contributed by atoms with Crippen molar-refractivity contribution in [2.24, 2.45) is 0 Å². The Hall–Kier alpha value is -2.88. The molecule has 0 radical (unpaired) electrons. The van der Waals surface area contributed by atoms with Gasteiger partial charge < -0.3 is 10.3 Å². The van der Waals surface area contributed by atoms with Gasteiger partial charge in [-0.25, -0.2) is 4.98 Å². The Morgan fingerprint density at radius 1 is 1.13 bits per heavy atom. The molecule has 0 unspecified atom stereocenters. The highest BCUT2D eigenvalue weighted by Crippen LogP contribution is 2.22. The van der Waals surface area contributed by atoms with Crippen molar-refractivity contribution in [3.05, 3.63) is 59.7 Å². The third kappa shape index (κ3) is 3.48. The van der Waals surface area contributed by atoms with Crippen LogP contribution in [0.5, 0.6) is 0 Å². The van der Waals surface area contributed by atoms with Crippen molar-refractivity contribution in [3.63, 3.8) is 0 Å². The molecule has 3 rings (SSSR count). The monoisotopic (exact) mass is 305 g/mol. The van der Waals surface area contributed by atoms with Gasteiger partial charge in [0, 0.05) is 17.3 Å². The van der Waals surface area contributed by atoms with Gasteiger partial charge in [-0.05, 0) is 62.7 Å². The first-order valence-electron chi connectivity index (χ1n) is 7.54. The summed E-state index contributed by atoms with van der Waals surface area (Å²) in [5.41, 5.74) is 5.90. The number of H-pyrrole nitrogens is 1. The number of nitrogens with one attached hydrogen (secondary N) is 2. The molecule has 4 nitrogen and oxygen atoms in total. The number of fused-ring (bicyclic) bond motifs is 1. The Kier molecular flexibility index (Phi) is 3.98. The van der Waals surface area contributed by atoms with Gasteiger partial charge in [0.1, 0.15) is 5.82 Å². The number of benzene rings is 2. The van der Waals surface area contributed by atoms with Gasteiger partial charge in [0.05, 0.1) is 11.0 Å². The van der Waals surface area contributed by atoms with E-state index in [1.165, 1.54) is 5.56 Å². The summed E-state index contributed by atoms with van der Waals surface area (Å²) in [7, 11) is 0. The van der Waals surface area contributed by atoms with Gasteiger partial charge in [-0.15, -0.1) is 0 Å². The lowest BCUT2D eigenvalue weighted by molar-refractivity contribution is -0.111. The van der Waals surface area contributed by atoms with Gasteiger partial charge in [-0.2, -0.15) is 0 Å². The fourth-order valence-electron chi connectivity index (χ4n) is 2.41. The zero-order valence-corrected chi connectivity index (χ0v) is 13.5. The van der Waals surface area contributed by atoms with Gasteiger partial charge in [0.2, 0.25) is 5.91 Å². The number of aryl methyl sites for hydroxylation is 1. The van der Waals surface area contributed by atoms with Crippen LogP contribution in [0.4, 0.5) is 5.69 Å². The van der Waals surface area contributed by atoms with E-state index >= 15 is 0 Å². The summed E-state index contributed by atoms with van der Waals surface area (Å²) in [6.45, 7) is 5.85. The number of anilines is 1. The van der Waals surface area contributed by atoms with E-state index in [1.54, 1.807) is 6.08 Å². The molecule has 3 aromatic rings. The van der Waals surface area contributed by atoms with Gasteiger partial charge in [0.15, 0.2) is 0 Å². The minimum atomic E-state index is -0.114. The predicted octanol–water partition coefficient (Wildman–Crippen LogP) is 4.44. The SMILES string of the molecule is CC(C)=CC(=O)Nc1ccc(-c2nc3ccc(C)cc3[nH]2)cc1. The number of carbonyl (C=O) groups excluding carboxylic acids is 1. The number of hydrogen-bond donors (Lipinski definition) is 2. The number of rotatable bonds is 3. The molecule has 116 valence electrons. The summed E-state index contributed by atoms with van der Waals surface area (Å²) in [6, 6.07) is 13.8. The Labute approximate surface area is 135 Å². The maximum Gasteiger partial charge on any atom is 0.248 e. The van der Waals surface area contributed by atoms with Crippen LogP contribution in [0.15, 0.2) is 54.1 Å². The maximum absolute atomic E-state index is 11.7. The molecule has 0 aliphatic carbocycles. The first-order chi connectivity index (χ1) is 11.0. The number of imidazole rings is 1. The molecular weight excluding hydrogens is 286 g/mol. The standard InChI is InChI=1S/C19H19N3O/c1-12(2)10-18(23)20-15-7-5-14(6-8-15)19-21-16-9-4-13(3)11-17(16)22-19/h4-11H,1-3H3,(H,20,23)(H,21,22). The molecule has 2 N–H and O–H groups in total. The van der Waals surface area contributed by atoms with Crippen LogP contribution in [0.1, 0.15) is 19.4 Å². The lowest BCUT2D eigenvalue weighted by Crippen LogP contribution is -2.08. The molecule has 1 amide bonds. The minimum absolute atomic E-state index is 0.114. The Morgan fingerprint density at radius 2 is 1.87 bits per heavy atom. The normalized spacial score (nSPS) is 10.6. The fraction of sp³-hybridized carbons (Fsp3) is 0.158. The van der Waals surface area contributed by atoms with Crippen LogP contribution in [0.3, 0.4) is 0 Å². The van der Waals surface area contributed by atoms with Crippen LogP contribution >= 0.6 is 0 Å². The summed E-state index contributed by atoms with van der Waals surface area (Å²) < 4.78 is 0.